The fourth-order valence-corrected chi connectivity index (χ4v) is 4.32. The first kappa shape index (κ1) is 15.2. The van der Waals surface area contributed by atoms with Gasteiger partial charge in [0.15, 0.2) is 0 Å². The van der Waals surface area contributed by atoms with Gasteiger partial charge in [-0.05, 0) is 12.1 Å². The summed E-state index contributed by atoms with van der Waals surface area (Å²) < 4.78 is 31.3. The minimum absolute atomic E-state index is 0.129. The molecule has 22 heavy (non-hydrogen) atoms. The van der Waals surface area contributed by atoms with Crippen LogP contribution < -0.4 is 0 Å². The van der Waals surface area contributed by atoms with Crippen LogP contribution in [0.5, 0.6) is 0 Å². The van der Waals surface area contributed by atoms with Gasteiger partial charge in [0.2, 0.25) is 10.0 Å². The van der Waals surface area contributed by atoms with Crippen LogP contribution in [0.25, 0.3) is 10.8 Å². The molecular weight excluding hydrogens is 328 g/mol. The lowest BCUT2D eigenvalue weighted by atomic mass is 10.0. The molecule has 0 spiro atoms. The van der Waals surface area contributed by atoms with Crippen LogP contribution in [0, 0.1) is 5.92 Å². The van der Waals surface area contributed by atoms with Crippen molar-refractivity contribution in [3.8, 4) is 0 Å². The first-order chi connectivity index (χ1) is 10.4. The van der Waals surface area contributed by atoms with Gasteiger partial charge in [-0.25, -0.2) is 13.4 Å². The second-order valence-electron chi connectivity index (χ2n) is 5.03. The molecule has 0 saturated carbocycles. The van der Waals surface area contributed by atoms with Crippen molar-refractivity contribution in [2.24, 2.45) is 5.92 Å². The summed E-state index contributed by atoms with van der Waals surface area (Å²) in [6.07, 6.45) is 1.53. The summed E-state index contributed by atoms with van der Waals surface area (Å²) in [5.41, 5.74) is 0. The Balaban J connectivity index is 1.97. The van der Waals surface area contributed by atoms with Crippen molar-refractivity contribution in [3.05, 3.63) is 35.6 Å². The van der Waals surface area contributed by atoms with Crippen molar-refractivity contribution in [2.75, 3.05) is 20.2 Å². The molecular formula is C14H13ClN2O4S. The molecule has 3 rings (SSSR count). The smallest absolute Gasteiger partial charge is 0.311 e. The average molecular weight is 341 g/mol. The molecule has 0 radical (unpaired) electrons. The molecule has 1 fully saturated rings. The molecule has 1 aromatic heterocycles. The molecule has 0 bridgehead atoms. The van der Waals surface area contributed by atoms with Crippen molar-refractivity contribution in [1.82, 2.24) is 9.29 Å². The predicted molar refractivity (Wildman–Crippen MR) is 81.0 cm³/mol. The summed E-state index contributed by atoms with van der Waals surface area (Å²) in [4.78, 5) is 15.5. The third-order valence-electron chi connectivity index (χ3n) is 3.69. The van der Waals surface area contributed by atoms with Crippen molar-refractivity contribution in [3.63, 3.8) is 0 Å². The predicted octanol–water partition coefficient (Wildman–Crippen LogP) is 1.68. The van der Waals surface area contributed by atoms with E-state index in [2.05, 4.69) is 9.72 Å². The number of esters is 1. The number of aromatic nitrogens is 1. The van der Waals surface area contributed by atoms with E-state index in [1.54, 1.807) is 12.1 Å². The normalized spacial score (nSPS) is 16.5. The van der Waals surface area contributed by atoms with E-state index in [1.807, 2.05) is 0 Å². The van der Waals surface area contributed by atoms with E-state index in [-0.39, 0.29) is 23.1 Å². The number of ether oxygens (including phenoxy) is 1. The van der Waals surface area contributed by atoms with E-state index in [9.17, 15) is 13.2 Å². The topological polar surface area (TPSA) is 76.6 Å². The number of nitrogens with zero attached hydrogens (tertiary/aromatic N) is 2. The molecule has 8 heteroatoms. The number of pyridine rings is 1. The van der Waals surface area contributed by atoms with Crippen LogP contribution in [0.4, 0.5) is 0 Å². The van der Waals surface area contributed by atoms with Gasteiger partial charge in [-0.2, -0.15) is 4.31 Å². The number of benzene rings is 1. The fourth-order valence-electron chi connectivity index (χ4n) is 2.43. The van der Waals surface area contributed by atoms with Gasteiger partial charge in [-0.15, -0.1) is 0 Å². The highest BCUT2D eigenvalue weighted by atomic mass is 35.5. The zero-order chi connectivity index (χ0) is 15.9. The van der Waals surface area contributed by atoms with Crippen LogP contribution in [0.2, 0.25) is 5.15 Å². The zero-order valence-electron chi connectivity index (χ0n) is 11.7. The Labute approximate surface area is 132 Å². The molecule has 0 N–H and O–H groups in total. The van der Waals surface area contributed by atoms with Crippen LogP contribution in [0.1, 0.15) is 0 Å². The third kappa shape index (κ3) is 2.45. The van der Waals surface area contributed by atoms with Gasteiger partial charge in [0.25, 0.3) is 0 Å². The molecule has 6 nitrogen and oxygen atoms in total. The van der Waals surface area contributed by atoms with Crippen LogP contribution >= 0.6 is 11.6 Å². The Hall–Kier alpha value is -1.70. The Bertz CT molecular complexity index is 847. The first-order valence-corrected chi connectivity index (χ1v) is 8.37. The Morgan fingerprint density at radius 1 is 1.41 bits per heavy atom. The molecule has 0 amide bonds. The van der Waals surface area contributed by atoms with Crippen LogP contribution in [-0.2, 0) is 19.6 Å². The Morgan fingerprint density at radius 3 is 2.82 bits per heavy atom. The maximum absolute atomic E-state index is 12.7. The third-order valence-corrected chi connectivity index (χ3v) is 5.79. The number of fused-ring (bicyclic) bond motifs is 1. The minimum Gasteiger partial charge on any atom is -0.469 e. The van der Waals surface area contributed by atoms with E-state index in [1.165, 1.54) is 29.7 Å². The standard InChI is InChI=1S/C14H13ClN2O4S/c1-21-14(18)10-7-17(8-10)22(19,20)12-4-2-3-9-6-16-13(15)5-11(9)12/h2-6,10H,7-8H2,1H3. The number of hydrogen-bond donors (Lipinski definition) is 0. The summed E-state index contributed by atoms with van der Waals surface area (Å²) in [6.45, 7) is 0.258. The lowest BCUT2D eigenvalue weighted by Crippen LogP contribution is -2.53. The molecule has 116 valence electrons. The lowest BCUT2D eigenvalue weighted by molar-refractivity contribution is -0.149. The quantitative estimate of drug-likeness (QED) is 0.627. The number of methoxy groups -OCH3 is 1. The number of hydrogen-bond acceptors (Lipinski definition) is 5. The SMILES string of the molecule is COC(=O)C1CN(S(=O)(=O)c2cccc3cnc(Cl)cc23)C1. The number of carbonyl (C=O) groups is 1. The number of sulfonamides is 1. The number of carbonyl (C=O) groups excluding carboxylic acids is 1. The minimum atomic E-state index is -3.68. The molecule has 1 saturated heterocycles. The molecule has 1 aliphatic rings. The maximum Gasteiger partial charge on any atom is 0.311 e. The molecule has 1 aliphatic heterocycles. The first-order valence-electron chi connectivity index (χ1n) is 6.55. The van der Waals surface area contributed by atoms with Crippen LogP contribution in [-0.4, -0.2) is 43.9 Å². The van der Waals surface area contributed by atoms with Crippen molar-refractivity contribution >= 4 is 38.4 Å². The van der Waals surface area contributed by atoms with E-state index < -0.39 is 21.9 Å². The largest absolute Gasteiger partial charge is 0.469 e. The van der Waals surface area contributed by atoms with Gasteiger partial charge >= 0.3 is 5.97 Å². The van der Waals surface area contributed by atoms with E-state index in [0.29, 0.717) is 10.8 Å². The van der Waals surface area contributed by atoms with Gasteiger partial charge in [-0.3, -0.25) is 4.79 Å². The van der Waals surface area contributed by atoms with Gasteiger partial charge in [-0.1, -0.05) is 23.7 Å². The number of halogens is 1. The van der Waals surface area contributed by atoms with Crippen LogP contribution in [0.15, 0.2) is 35.4 Å². The van der Waals surface area contributed by atoms with E-state index in [4.69, 9.17) is 11.6 Å². The highest BCUT2D eigenvalue weighted by molar-refractivity contribution is 7.89. The highest BCUT2D eigenvalue weighted by Gasteiger charge is 2.41. The van der Waals surface area contributed by atoms with Crippen molar-refractivity contribution < 1.29 is 17.9 Å². The van der Waals surface area contributed by atoms with Crippen molar-refractivity contribution in [2.45, 2.75) is 4.90 Å². The summed E-state index contributed by atoms with van der Waals surface area (Å²) in [7, 11) is -2.39. The van der Waals surface area contributed by atoms with Gasteiger partial charge < -0.3 is 4.74 Å². The molecule has 1 aromatic carbocycles. The summed E-state index contributed by atoms with van der Waals surface area (Å²) in [5, 5.41) is 1.44. The van der Waals surface area contributed by atoms with Gasteiger partial charge in [0.05, 0.1) is 17.9 Å². The molecule has 0 aliphatic carbocycles. The second-order valence-corrected chi connectivity index (χ2v) is 7.32. The van der Waals surface area contributed by atoms with E-state index in [0.717, 1.165) is 0 Å². The fraction of sp³-hybridized carbons (Fsp3) is 0.286. The summed E-state index contributed by atoms with van der Waals surface area (Å²) >= 11 is 5.87. The summed E-state index contributed by atoms with van der Waals surface area (Å²) in [6, 6.07) is 6.48. The summed E-state index contributed by atoms with van der Waals surface area (Å²) in [5.74, 6) is -0.795. The molecule has 0 atom stereocenters. The molecule has 0 unspecified atom stereocenters. The van der Waals surface area contributed by atoms with Crippen LogP contribution in [0.3, 0.4) is 0 Å². The maximum atomic E-state index is 12.7. The highest BCUT2D eigenvalue weighted by Crippen LogP contribution is 2.31. The van der Waals surface area contributed by atoms with E-state index >= 15 is 0 Å². The zero-order valence-corrected chi connectivity index (χ0v) is 13.3. The Morgan fingerprint density at radius 2 is 2.14 bits per heavy atom. The average Bonchev–Trinajstić information content (AvgIpc) is 2.44. The molecule has 2 aromatic rings. The Kier molecular flexibility index (Phi) is 3.80. The van der Waals surface area contributed by atoms with Crippen molar-refractivity contribution in [1.29, 1.82) is 0 Å². The number of rotatable bonds is 3. The lowest BCUT2D eigenvalue weighted by Gasteiger charge is -2.36. The van der Waals surface area contributed by atoms with Gasteiger partial charge in [0.1, 0.15) is 5.15 Å². The second kappa shape index (κ2) is 5.49. The van der Waals surface area contributed by atoms with Gasteiger partial charge in [0, 0.05) is 30.1 Å². The molecule has 2 heterocycles. The monoisotopic (exact) mass is 340 g/mol.